The third-order valence-corrected chi connectivity index (χ3v) is 11.4. The molecule has 8 aromatic carbocycles. The van der Waals surface area contributed by atoms with Crippen molar-refractivity contribution in [3.8, 4) is 62.4 Å². The molecule has 60 heavy (non-hydrogen) atoms. The smallest absolute Gasteiger partial charge is 0.221 e. The lowest BCUT2D eigenvalue weighted by molar-refractivity contribution is 0.979. The highest BCUT2D eigenvalue weighted by atomic mass is 15.2. The summed E-state index contributed by atoms with van der Waals surface area (Å²) in [5.41, 5.74) is 13.0. The topological polar surface area (TPSA) is 73.8 Å². The van der Waals surface area contributed by atoms with Crippen molar-refractivity contribution in [3.05, 3.63) is 200 Å². The molecule has 0 fully saturated rings. The lowest BCUT2D eigenvalue weighted by Gasteiger charge is -2.12. The average molecular weight is 768 g/mol. The van der Waals surface area contributed by atoms with Crippen molar-refractivity contribution >= 4 is 49.4 Å². The zero-order valence-corrected chi connectivity index (χ0v) is 32.2. The summed E-state index contributed by atoms with van der Waals surface area (Å²) in [6.07, 6.45) is 0. The maximum Gasteiger partial charge on any atom is 0.221 e. The fourth-order valence-corrected chi connectivity index (χ4v) is 8.45. The first-order valence-corrected chi connectivity index (χ1v) is 20.0. The van der Waals surface area contributed by atoms with Gasteiger partial charge in [-0.15, -0.1) is 0 Å². The normalized spacial score (nSPS) is 11.7. The maximum atomic E-state index is 5.34. The molecule has 0 radical (unpaired) electrons. The summed E-state index contributed by atoms with van der Waals surface area (Å²) >= 11 is 0. The number of hydrogen-bond acceptors (Lipinski definition) is 5. The molecule has 7 nitrogen and oxygen atoms in total. The Bertz CT molecular complexity index is 3470. The van der Waals surface area contributed by atoms with Crippen LogP contribution in [-0.2, 0) is 0 Å². The molecule has 0 spiro atoms. The second kappa shape index (κ2) is 13.7. The van der Waals surface area contributed by atoms with Crippen molar-refractivity contribution in [3.63, 3.8) is 0 Å². The van der Waals surface area contributed by atoms with Crippen LogP contribution in [0.5, 0.6) is 0 Å². The van der Waals surface area contributed by atoms with Crippen molar-refractivity contribution in [2.75, 3.05) is 0 Å². The number of hydrogen-bond donors (Lipinski definition) is 0. The van der Waals surface area contributed by atoms with Gasteiger partial charge in [0.15, 0.2) is 17.5 Å². The summed E-state index contributed by atoms with van der Waals surface area (Å²) in [5, 5.41) is 3.18. The first-order chi connectivity index (χ1) is 29.7. The number of fused-ring (bicyclic) bond motifs is 8. The average Bonchev–Trinajstić information content (AvgIpc) is 3.88. The Morgan fingerprint density at radius 3 is 1.37 bits per heavy atom. The molecule has 0 aliphatic rings. The molecular weight excluding hydrogens is 735 g/mol. The second-order valence-corrected chi connectivity index (χ2v) is 15.0. The van der Waals surface area contributed by atoms with E-state index in [1.807, 2.05) is 30.3 Å². The Morgan fingerprint density at radius 2 is 0.733 bits per heavy atom. The minimum absolute atomic E-state index is 0.597. The second-order valence-electron chi connectivity index (χ2n) is 15.0. The van der Waals surface area contributed by atoms with E-state index in [0.717, 1.165) is 94.3 Å². The van der Waals surface area contributed by atoms with Gasteiger partial charge in [-0.3, -0.25) is 8.97 Å². The first-order valence-electron chi connectivity index (χ1n) is 20.0. The van der Waals surface area contributed by atoms with Crippen LogP contribution < -0.4 is 0 Å². The van der Waals surface area contributed by atoms with E-state index in [0.29, 0.717) is 17.5 Å². The van der Waals surface area contributed by atoms with E-state index in [2.05, 4.69) is 179 Å². The molecule has 0 saturated carbocycles. The number of aromatic nitrogens is 7. The van der Waals surface area contributed by atoms with E-state index in [4.69, 9.17) is 24.9 Å². The zero-order valence-electron chi connectivity index (χ0n) is 32.2. The summed E-state index contributed by atoms with van der Waals surface area (Å²) < 4.78 is 4.45. The summed E-state index contributed by atoms with van der Waals surface area (Å²) in [7, 11) is 0. The predicted molar refractivity (Wildman–Crippen MR) is 243 cm³/mol. The van der Waals surface area contributed by atoms with Crippen LogP contribution in [0.2, 0.25) is 0 Å². The standard InChI is InChI=1S/C53H33N7/c1-3-13-34(14-4-1)36-23-27-38(28-24-36)49-56-50(39-29-25-37(26-30-39)35-15-5-2-6-16-35)58-51(57-49)40-31-32-47-43(33-40)41-17-8-11-21-46(41)59(47)53-55-44-19-9-7-18-42(44)52-54-45-20-10-12-22-48(45)60(52)53/h1-33H. The van der Waals surface area contributed by atoms with Gasteiger partial charge in [-0.05, 0) is 70.8 Å². The first kappa shape index (κ1) is 33.8. The summed E-state index contributed by atoms with van der Waals surface area (Å²) in [6.45, 7) is 0. The van der Waals surface area contributed by atoms with Crippen LogP contribution in [0.4, 0.5) is 0 Å². The van der Waals surface area contributed by atoms with Gasteiger partial charge in [0.1, 0.15) is 5.65 Å². The van der Waals surface area contributed by atoms with Crippen LogP contribution >= 0.6 is 0 Å². The van der Waals surface area contributed by atoms with Crippen molar-refractivity contribution in [2.24, 2.45) is 0 Å². The molecule has 0 unspecified atom stereocenters. The van der Waals surface area contributed by atoms with Crippen LogP contribution in [0.1, 0.15) is 0 Å². The molecule has 4 aromatic heterocycles. The fraction of sp³-hybridized carbons (Fsp3) is 0. The number of benzene rings is 8. The highest BCUT2D eigenvalue weighted by Gasteiger charge is 2.21. The lowest BCUT2D eigenvalue weighted by Crippen LogP contribution is -2.06. The molecule has 7 heteroatoms. The van der Waals surface area contributed by atoms with Gasteiger partial charge in [-0.25, -0.2) is 24.9 Å². The van der Waals surface area contributed by atoms with E-state index >= 15 is 0 Å². The molecule has 0 amide bonds. The van der Waals surface area contributed by atoms with Gasteiger partial charge in [0.2, 0.25) is 5.95 Å². The van der Waals surface area contributed by atoms with Crippen molar-refractivity contribution in [1.82, 2.24) is 33.9 Å². The van der Waals surface area contributed by atoms with Crippen LogP contribution in [0.25, 0.3) is 112 Å². The summed E-state index contributed by atoms with van der Waals surface area (Å²) in [5.74, 6) is 2.59. The third-order valence-electron chi connectivity index (χ3n) is 11.4. The van der Waals surface area contributed by atoms with Crippen LogP contribution in [0.15, 0.2) is 200 Å². The van der Waals surface area contributed by atoms with Gasteiger partial charge in [0.25, 0.3) is 0 Å². The molecule has 0 atom stereocenters. The van der Waals surface area contributed by atoms with E-state index in [9.17, 15) is 0 Å². The molecule has 12 rings (SSSR count). The number of imidazole rings is 1. The molecular formula is C53H33N7. The molecule has 280 valence electrons. The van der Waals surface area contributed by atoms with Crippen molar-refractivity contribution < 1.29 is 0 Å². The molecule has 12 aromatic rings. The highest BCUT2D eigenvalue weighted by Crippen LogP contribution is 2.37. The molecule has 0 aliphatic heterocycles. The molecule has 0 bridgehead atoms. The minimum Gasteiger partial charge on any atom is -0.279 e. The highest BCUT2D eigenvalue weighted by molar-refractivity contribution is 6.10. The molecule has 0 saturated heterocycles. The Kier molecular flexibility index (Phi) is 7.71. The molecule has 4 heterocycles. The van der Waals surface area contributed by atoms with Crippen molar-refractivity contribution in [2.45, 2.75) is 0 Å². The van der Waals surface area contributed by atoms with Gasteiger partial charge in [-0.1, -0.05) is 152 Å². The Morgan fingerprint density at radius 1 is 0.283 bits per heavy atom. The number of rotatable bonds is 6. The Balaban J connectivity index is 1.05. The third kappa shape index (κ3) is 5.56. The van der Waals surface area contributed by atoms with Gasteiger partial charge < -0.3 is 0 Å². The van der Waals surface area contributed by atoms with Crippen LogP contribution in [0.3, 0.4) is 0 Å². The Hall–Kier alpha value is -8.29. The van der Waals surface area contributed by atoms with E-state index < -0.39 is 0 Å². The minimum atomic E-state index is 0.597. The van der Waals surface area contributed by atoms with Crippen LogP contribution in [-0.4, -0.2) is 33.9 Å². The van der Waals surface area contributed by atoms with Gasteiger partial charge in [-0.2, -0.15) is 0 Å². The fourth-order valence-electron chi connectivity index (χ4n) is 8.45. The van der Waals surface area contributed by atoms with Gasteiger partial charge in [0.05, 0.1) is 27.6 Å². The molecule has 0 N–H and O–H groups in total. The Labute approximate surface area is 344 Å². The van der Waals surface area contributed by atoms with E-state index in [1.54, 1.807) is 0 Å². The maximum absolute atomic E-state index is 5.34. The van der Waals surface area contributed by atoms with Gasteiger partial charge >= 0.3 is 0 Å². The van der Waals surface area contributed by atoms with Crippen molar-refractivity contribution in [1.29, 1.82) is 0 Å². The van der Waals surface area contributed by atoms with E-state index in [-0.39, 0.29) is 0 Å². The van der Waals surface area contributed by atoms with E-state index in [1.165, 1.54) is 0 Å². The summed E-state index contributed by atoms with van der Waals surface area (Å²) in [4.78, 5) is 25.9. The monoisotopic (exact) mass is 767 g/mol. The SMILES string of the molecule is c1ccc(-c2ccc(-c3nc(-c4ccc(-c5ccccc5)cc4)nc(-c4ccc5c(c4)c4ccccc4n5-c4nc5ccccc5c5nc6ccccc6n45)n3)cc2)cc1. The number of para-hydroxylation sites is 4. The van der Waals surface area contributed by atoms with Crippen LogP contribution in [0, 0.1) is 0 Å². The predicted octanol–water partition coefficient (Wildman–Crippen LogP) is 12.7. The molecule has 0 aliphatic carbocycles. The lowest BCUT2D eigenvalue weighted by atomic mass is 10.0. The van der Waals surface area contributed by atoms with Gasteiger partial charge in [0, 0.05) is 32.8 Å². The quantitative estimate of drug-likeness (QED) is 0.168. The summed E-state index contributed by atoms with van der Waals surface area (Å²) in [6, 6.07) is 69.2. The zero-order chi connectivity index (χ0) is 39.6. The number of nitrogens with zero attached hydrogens (tertiary/aromatic N) is 7. The largest absolute Gasteiger partial charge is 0.279 e.